The molecule has 0 heterocycles. The molecule has 2 rings (SSSR count). The zero-order valence-electron chi connectivity index (χ0n) is 12.2. The Morgan fingerprint density at radius 2 is 1.95 bits per heavy atom. The van der Waals surface area contributed by atoms with Crippen molar-refractivity contribution in [2.24, 2.45) is 5.73 Å². The maximum Gasteiger partial charge on any atom is 0.251 e. The lowest BCUT2D eigenvalue weighted by Crippen LogP contribution is -2.46. The number of benzene rings is 1. The quantitative estimate of drug-likeness (QED) is 0.828. The van der Waals surface area contributed by atoms with Gasteiger partial charge in [-0.3, -0.25) is 4.79 Å². The molecule has 0 aliphatic heterocycles. The summed E-state index contributed by atoms with van der Waals surface area (Å²) in [5.74, 6) is -0.261. The highest BCUT2D eigenvalue weighted by Crippen LogP contribution is 2.18. The number of carbonyl (C=O) groups is 1. The maximum atomic E-state index is 12.3. The van der Waals surface area contributed by atoms with E-state index in [-0.39, 0.29) is 22.9 Å². The summed E-state index contributed by atoms with van der Waals surface area (Å²) in [7, 11) is -3.31. The van der Waals surface area contributed by atoms with Crippen LogP contribution in [-0.2, 0) is 9.84 Å². The minimum absolute atomic E-state index is 0.0328. The van der Waals surface area contributed by atoms with Crippen LogP contribution in [0.25, 0.3) is 0 Å². The van der Waals surface area contributed by atoms with E-state index in [1.165, 1.54) is 12.1 Å². The zero-order valence-corrected chi connectivity index (χ0v) is 13.0. The van der Waals surface area contributed by atoms with Crippen molar-refractivity contribution >= 4 is 15.7 Å². The van der Waals surface area contributed by atoms with E-state index in [0.29, 0.717) is 5.56 Å². The van der Waals surface area contributed by atoms with Crippen molar-refractivity contribution in [1.82, 2.24) is 5.32 Å². The van der Waals surface area contributed by atoms with Gasteiger partial charge in [-0.1, -0.05) is 25.3 Å². The second-order valence-electron chi connectivity index (χ2n) is 5.68. The van der Waals surface area contributed by atoms with Crippen LogP contribution in [0.2, 0.25) is 0 Å². The molecule has 1 amide bonds. The molecule has 0 bridgehead atoms. The third kappa shape index (κ3) is 4.28. The van der Waals surface area contributed by atoms with Crippen molar-refractivity contribution < 1.29 is 13.2 Å². The second kappa shape index (κ2) is 6.58. The fourth-order valence-corrected chi connectivity index (χ4v) is 3.30. The van der Waals surface area contributed by atoms with Crippen LogP contribution in [0.1, 0.15) is 42.5 Å². The lowest BCUT2D eigenvalue weighted by molar-refractivity contribution is 0.0928. The Hall–Kier alpha value is -1.40. The van der Waals surface area contributed by atoms with Gasteiger partial charge in [-0.15, -0.1) is 0 Å². The highest BCUT2D eigenvalue weighted by atomic mass is 32.2. The SMILES string of the molecule is CS(=O)(=O)c1cccc(C(=O)NC2CCCCCC2N)c1. The Balaban J connectivity index is 2.13. The van der Waals surface area contributed by atoms with Crippen LogP contribution in [-0.4, -0.2) is 32.7 Å². The first-order chi connectivity index (χ1) is 9.88. The molecule has 2 atom stereocenters. The van der Waals surface area contributed by atoms with Gasteiger partial charge in [0.05, 0.1) is 4.90 Å². The van der Waals surface area contributed by atoms with E-state index in [9.17, 15) is 13.2 Å². The number of nitrogens with one attached hydrogen (secondary N) is 1. The fraction of sp³-hybridized carbons (Fsp3) is 0.533. The second-order valence-corrected chi connectivity index (χ2v) is 7.70. The molecule has 1 aliphatic rings. The summed E-state index contributed by atoms with van der Waals surface area (Å²) in [6.07, 6.45) is 6.21. The first-order valence-electron chi connectivity index (χ1n) is 7.24. The number of sulfone groups is 1. The Bertz CT molecular complexity index is 613. The molecule has 0 spiro atoms. The van der Waals surface area contributed by atoms with E-state index < -0.39 is 9.84 Å². The first-order valence-corrected chi connectivity index (χ1v) is 9.13. The van der Waals surface area contributed by atoms with Gasteiger partial charge >= 0.3 is 0 Å². The van der Waals surface area contributed by atoms with Crippen molar-refractivity contribution in [1.29, 1.82) is 0 Å². The highest BCUT2D eigenvalue weighted by molar-refractivity contribution is 7.90. The maximum absolute atomic E-state index is 12.3. The summed E-state index contributed by atoms with van der Waals surface area (Å²) in [6, 6.07) is 6.03. The zero-order chi connectivity index (χ0) is 15.5. The summed E-state index contributed by atoms with van der Waals surface area (Å²) < 4.78 is 23.1. The van der Waals surface area contributed by atoms with Crippen molar-refractivity contribution in [3.05, 3.63) is 29.8 Å². The molecule has 116 valence electrons. The van der Waals surface area contributed by atoms with Crippen LogP contribution in [0.15, 0.2) is 29.2 Å². The minimum atomic E-state index is -3.31. The molecule has 3 N–H and O–H groups in total. The molecular formula is C15H22N2O3S. The normalized spacial score (nSPS) is 23.3. The van der Waals surface area contributed by atoms with Crippen LogP contribution >= 0.6 is 0 Å². The Morgan fingerprint density at radius 1 is 1.24 bits per heavy atom. The van der Waals surface area contributed by atoms with E-state index in [4.69, 9.17) is 5.73 Å². The lowest BCUT2D eigenvalue weighted by atomic mass is 10.0. The highest BCUT2D eigenvalue weighted by Gasteiger charge is 2.22. The van der Waals surface area contributed by atoms with E-state index in [1.54, 1.807) is 12.1 Å². The molecule has 1 saturated carbocycles. The Labute approximate surface area is 125 Å². The summed E-state index contributed by atoms with van der Waals surface area (Å²) >= 11 is 0. The van der Waals surface area contributed by atoms with Crippen LogP contribution in [0.4, 0.5) is 0 Å². The van der Waals surface area contributed by atoms with Gasteiger partial charge in [0.2, 0.25) is 0 Å². The van der Waals surface area contributed by atoms with Gasteiger partial charge < -0.3 is 11.1 Å². The number of rotatable bonds is 3. The van der Waals surface area contributed by atoms with Gasteiger partial charge in [0.25, 0.3) is 5.91 Å². The first kappa shape index (κ1) is 16.0. The van der Waals surface area contributed by atoms with Gasteiger partial charge in [0.15, 0.2) is 9.84 Å². The van der Waals surface area contributed by atoms with Crippen molar-refractivity contribution in [3.8, 4) is 0 Å². The molecule has 0 saturated heterocycles. The minimum Gasteiger partial charge on any atom is -0.348 e. The molecule has 1 aromatic carbocycles. The summed E-state index contributed by atoms with van der Waals surface area (Å²) in [5.41, 5.74) is 6.45. The van der Waals surface area contributed by atoms with E-state index in [1.807, 2.05) is 0 Å². The molecule has 6 heteroatoms. The average Bonchev–Trinajstić information content (AvgIpc) is 2.63. The van der Waals surface area contributed by atoms with E-state index >= 15 is 0 Å². The van der Waals surface area contributed by atoms with Gasteiger partial charge in [-0.05, 0) is 31.0 Å². The third-order valence-corrected chi connectivity index (χ3v) is 5.02. The topological polar surface area (TPSA) is 89.3 Å². The molecule has 5 nitrogen and oxygen atoms in total. The summed E-state index contributed by atoms with van der Waals surface area (Å²) in [5, 5.41) is 2.94. The number of nitrogens with two attached hydrogens (primary N) is 1. The van der Waals surface area contributed by atoms with Crippen molar-refractivity contribution in [3.63, 3.8) is 0 Å². The Morgan fingerprint density at radius 3 is 2.67 bits per heavy atom. The Kier molecular flexibility index (Phi) is 5.00. The van der Waals surface area contributed by atoms with Crippen LogP contribution < -0.4 is 11.1 Å². The predicted octanol–water partition coefficient (Wildman–Crippen LogP) is 1.48. The average molecular weight is 310 g/mol. The lowest BCUT2D eigenvalue weighted by Gasteiger charge is -2.22. The van der Waals surface area contributed by atoms with E-state index in [0.717, 1.165) is 38.4 Å². The standard InChI is InChI=1S/C15H22N2O3S/c1-21(19,20)12-7-5-6-11(10-12)15(18)17-14-9-4-2-3-8-13(14)16/h5-7,10,13-14H,2-4,8-9,16H2,1H3,(H,17,18). The molecule has 2 unspecified atom stereocenters. The van der Waals surface area contributed by atoms with Gasteiger partial charge in [0, 0.05) is 23.9 Å². The monoisotopic (exact) mass is 310 g/mol. The molecule has 1 aromatic rings. The molecule has 0 radical (unpaired) electrons. The molecular weight excluding hydrogens is 288 g/mol. The van der Waals surface area contributed by atoms with Gasteiger partial charge in [0.1, 0.15) is 0 Å². The van der Waals surface area contributed by atoms with Gasteiger partial charge in [-0.25, -0.2) is 8.42 Å². The number of hydrogen-bond donors (Lipinski definition) is 2. The molecule has 0 aromatic heterocycles. The summed E-state index contributed by atoms with van der Waals surface area (Å²) in [6.45, 7) is 0. The smallest absolute Gasteiger partial charge is 0.251 e. The van der Waals surface area contributed by atoms with E-state index in [2.05, 4.69) is 5.32 Å². The molecule has 1 aliphatic carbocycles. The molecule has 21 heavy (non-hydrogen) atoms. The number of amides is 1. The van der Waals surface area contributed by atoms with Crippen LogP contribution in [0.5, 0.6) is 0 Å². The third-order valence-electron chi connectivity index (χ3n) is 3.91. The molecule has 1 fully saturated rings. The summed E-state index contributed by atoms with van der Waals surface area (Å²) in [4.78, 5) is 12.4. The largest absolute Gasteiger partial charge is 0.348 e. The predicted molar refractivity (Wildman–Crippen MR) is 81.9 cm³/mol. The van der Waals surface area contributed by atoms with Crippen molar-refractivity contribution in [2.45, 2.75) is 49.1 Å². The van der Waals surface area contributed by atoms with Crippen LogP contribution in [0, 0.1) is 0 Å². The van der Waals surface area contributed by atoms with Crippen LogP contribution in [0.3, 0.4) is 0 Å². The van der Waals surface area contributed by atoms with Gasteiger partial charge in [-0.2, -0.15) is 0 Å². The van der Waals surface area contributed by atoms with Crippen molar-refractivity contribution in [2.75, 3.05) is 6.26 Å². The number of carbonyl (C=O) groups excluding carboxylic acids is 1. The fourth-order valence-electron chi connectivity index (χ4n) is 2.64. The number of hydrogen-bond acceptors (Lipinski definition) is 4.